The van der Waals surface area contributed by atoms with Crippen LogP contribution in [0.3, 0.4) is 0 Å². The fourth-order valence-corrected chi connectivity index (χ4v) is 3.23. The van der Waals surface area contributed by atoms with Gasteiger partial charge in [-0.25, -0.2) is 4.68 Å². The minimum Gasteiger partial charge on any atom is -0.352 e. The summed E-state index contributed by atoms with van der Waals surface area (Å²) >= 11 is 0. The molecule has 1 aromatic carbocycles. The zero-order valence-electron chi connectivity index (χ0n) is 17.2. The number of rotatable bonds is 5. The predicted molar refractivity (Wildman–Crippen MR) is 117 cm³/mol. The molecule has 0 saturated carbocycles. The molecule has 8 nitrogen and oxygen atoms in total. The molecule has 0 aliphatic rings. The molecule has 0 amide bonds. The highest BCUT2D eigenvalue weighted by Gasteiger charge is 2.19. The molecule has 3 heterocycles. The molecule has 0 aliphatic carbocycles. The number of benzene rings is 1. The van der Waals surface area contributed by atoms with E-state index in [9.17, 15) is 9.59 Å². The number of aromatic amines is 1. The molecule has 0 saturated heterocycles. The molecule has 30 heavy (non-hydrogen) atoms. The fraction of sp³-hybridized carbons (Fsp3) is 0.273. The van der Waals surface area contributed by atoms with Crippen molar-refractivity contribution in [2.75, 3.05) is 5.32 Å². The number of anilines is 1. The van der Waals surface area contributed by atoms with Crippen LogP contribution in [0.15, 0.2) is 64.4 Å². The first-order valence-electron chi connectivity index (χ1n) is 9.77. The van der Waals surface area contributed by atoms with Crippen molar-refractivity contribution >= 4 is 17.0 Å². The predicted octanol–water partition coefficient (Wildman–Crippen LogP) is 2.70. The Morgan fingerprint density at radius 3 is 2.47 bits per heavy atom. The first-order chi connectivity index (χ1) is 14.3. The number of hydrogen-bond donors (Lipinski definition) is 2. The van der Waals surface area contributed by atoms with E-state index >= 15 is 0 Å². The monoisotopic (exact) mass is 404 g/mol. The fourth-order valence-electron chi connectivity index (χ4n) is 3.23. The van der Waals surface area contributed by atoms with Gasteiger partial charge in [0.2, 0.25) is 5.95 Å². The molecule has 0 bridgehead atoms. The van der Waals surface area contributed by atoms with Gasteiger partial charge in [0.1, 0.15) is 5.39 Å². The SMILES string of the molecule is CC(C)(C)n1ncc2c(=O)[nH]c(NCc3ccc(Cn4ccccc4=O)cc3)nc21. The van der Waals surface area contributed by atoms with Crippen LogP contribution >= 0.6 is 0 Å². The first-order valence-corrected chi connectivity index (χ1v) is 9.77. The van der Waals surface area contributed by atoms with Crippen LogP contribution in [0, 0.1) is 0 Å². The van der Waals surface area contributed by atoms with Gasteiger partial charge in [0.25, 0.3) is 11.1 Å². The Balaban J connectivity index is 1.49. The average molecular weight is 404 g/mol. The highest BCUT2D eigenvalue weighted by Crippen LogP contribution is 2.19. The molecule has 0 spiro atoms. The van der Waals surface area contributed by atoms with E-state index < -0.39 is 0 Å². The average Bonchev–Trinajstić information content (AvgIpc) is 3.14. The lowest BCUT2D eigenvalue weighted by Crippen LogP contribution is -2.24. The summed E-state index contributed by atoms with van der Waals surface area (Å²) in [5.74, 6) is 0.401. The summed E-state index contributed by atoms with van der Waals surface area (Å²) in [6, 6.07) is 13.1. The molecule has 4 rings (SSSR count). The highest BCUT2D eigenvalue weighted by molar-refractivity contribution is 5.74. The van der Waals surface area contributed by atoms with Gasteiger partial charge in [0.15, 0.2) is 5.65 Å². The molecule has 0 atom stereocenters. The molecule has 0 fully saturated rings. The normalized spacial score (nSPS) is 11.7. The Labute approximate surface area is 173 Å². The van der Waals surface area contributed by atoms with Gasteiger partial charge in [0.05, 0.1) is 18.3 Å². The quantitative estimate of drug-likeness (QED) is 0.533. The number of nitrogens with one attached hydrogen (secondary N) is 2. The maximum absolute atomic E-state index is 12.4. The van der Waals surface area contributed by atoms with E-state index in [0.717, 1.165) is 11.1 Å². The minimum absolute atomic E-state index is 0.0249. The second kappa shape index (κ2) is 7.62. The summed E-state index contributed by atoms with van der Waals surface area (Å²) in [7, 11) is 0. The molecule has 154 valence electrons. The largest absolute Gasteiger partial charge is 0.352 e. The Bertz CT molecular complexity index is 1290. The van der Waals surface area contributed by atoms with E-state index in [1.54, 1.807) is 33.8 Å². The lowest BCUT2D eigenvalue weighted by Gasteiger charge is -2.19. The van der Waals surface area contributed by atoms with E-state index in [2.05, 4.69) is 20.4 Å². The van der Waals surface area contributed by atoms with Crippen LogP contribution in [0.1, 0.15) is 31.9 Å². The number of pyridine rings is 1. The van der Waals surface area contributed by atoms with Crippen LogP contribution in [0.5, 0.6) is 0 Å². The molecule has 3 aromatic heterocycles. The van der Waals surface area contributed by atoms with Crippen LogP contribution in [-0.4, -0.2) is 24.3 Å². The topological polar surface area (TPSA) is 97.6 Å². The molecule has 0 aliphatic heterocycles. The Kier molecular flexibility index (Phi) is 4.99. The zero-order valence-corrected chi connectivity index (χ0v) is 17.2. The van der Waals surface area contributed by atoms with Crippen molar-refractivity contribution in [2.24, 2.45) is 0 Å². The van der Waals surface area contributed by atoms with Crippen molar-refractivity contribution < 1.29 is 0 Å². The summed E-state index contributed by atoms with van der Waals surface area (Å²) in [5, 5.41) is 7.97. The molecule has 0 unspecified atom stereocenters. The Morgan fingerprint density at radius 2 is 1.77 bits per heavy atom. The van der Waals surface area contributed by atoms with Crippen LogP contribution in [0.4, 0.5) is 5.95 Å². The van der Waals surface area contributed by atoms with Crippen molar-refractivity contribution in [1.82, 2.24) is 24.3 Å². The highest BCUT2D eigenvalue weighted by atomic mass is 16.1. The Hall–Kier alpha value is -3.68. The lowest BCUT2D eigenvalue weighted by molar-refractivity contribution is 0.366. The van der Waals surface area contributed by atoms with Crippen molar-refractivity contribution in [3.63, 3.8) is 0 Å². The maximum atomic E-state index is 12.4. The lowest BCUT2D eigenvalue weighted by atomic mass is 10.1. The molecule has 4 aromatic rings. The van der Waals surface area contributed by atoms with Gasteiger partial charge >= 0.3 is 0 Å². The molecule has 8 heteroatoms. The van der Waals surface area contributed by atoms with Crippen LogP contribution in [-0.2, 0) is 18.6 Å². The number of nitrogens with zero attached hydrogens (tertiary/aromatic N) is 4. The van der Waals surface area contributed by atoms with E-state index in [4.69, 9.17) is 0 Å². The van der Waals surface area contributed by atoms with E-state index in [0.29, 0.717) is 30.1 Å². The third-order valence-electron chi connectivity index (χ3n) is 4.81. The van der Waals surface area contributed by atoms with Crippen molar-refractivity contribution in [3.8, 4) is 0 Å². The summed E-state index contributed by atoms with van der Waals surface area (Å²) in [6.45, 7) is 7.07. The van der Waals surface area contributed by atoms with Gasteiger partial charge < -0.3 is 9.88 Å². The minimum atomic E-state index is -0.281. The van der Waals surface area contributed by atoms with Crippen LogP contribution in [0.2, 0.25) is 0 Å². The van der Waals surface area contributed by atoms with Gasteiger partial charge in [-0.15, -0.1) is 0 Å². The number of hydrogen-bond acceptors (Lipinski definition) is 5. The van der Waals surface area contributed by atoms with Gasteiger partial charge in [-0.05, 0) is 38.0 Å². The molecule has 0 radical (unpaired) electrons. The summed E-state index contributed by atoms with van der Waals surface area (Å²) in [4.78, 5) is 31.6. The first kappa shape index (κ1) is 19.6. The van der Waals surface area contributed by atoms with E-state index in [1.807, 2.05) is 51.1 Å². The summed E-state index contributed by atoms with van der Waals surface area (Å²) in [5.41, 5.74) is 2.10. The maximum Gasteiger partial charge on any atom is 0.263 e. The van der Waals surface area contributed by atoms with E-state index in [1.165, 1.54) is 0 Å². The van der Waals surface area contributed by atoms with Gasteiger partial charge in [-0.1, -0.05) is 30.3 Å². The number of H-pyrrole nitrogens is 1. The summed E-state index contributed by atoms with van der Waals surface area (Å²) in [6.07, 6.45) is 3.32. The van der Waals surface area contributed by atoms with E-state index in [-0.39, 0.29) is 16.7 Å². The van der Waals surface area contributed by atoms with Crippen molar-refractivity contribution in [3.05, 3.63) is 86.7 Å². The van der Waals surface area contributed by atoms with Crippen LogP contribution < -0.4 is 16.4 Å². The number of aromatic nitrogens is 5. The molecular weight excluding hydrogens is 380 g/mol. The Morgan fingerprint density at radius 1 is 1.03 bits per heavy atom. The van der Waals surface area contributed by atoms with Gasteiger partial charge in [-0.3, -0.25) is 14.6 Å². The second-order valence-corrected chi connectivity index (χ2v) is 8.22. The van der Waals surface area contributed by atoms with Gasteiger partial charge in [-0.2, -0.15) is 10.1 Å². The molecule has 2 N–H and O–H groups in total. The summed E-state index contributed by atoms with van der Waals surface area (Å²) < 4.78 is 3.42. The van der Waals surface area contributed by atoms with Gasteiger partial charge in [0, 0.05) is 18.8 Å². The third kappa shape index (κ3) is 4.03. The van der Waals surface area contributed by atoms with Crippen molar-refractivity contribution in [2.45, 2.75) is 39.4 Å². The third-order valence-corrected chi connectivity index (χ3v) is 4.81. The van der Waals surface area contributed by atoms with Crippen LogP contribution in [0.25, 0.3) is 11.0 Å². The number of fused-ring (bicyclic) bond motifs is 1. The van der Waals surface area contributed by atoms with Crippen molar-refractivity contribution in [1.29, 1.82) is 0 Å². The standard InChI is InChI=1S/C22H24N6O2/c1-22(2,3)28-19-17(13-24-28)20(30)26-21(25-19)23-12-15-7-9-16(10-8-15)14-27-11-5-4-6-18(27)29/h4-11,13H,12,14H2,1-3H3,(H2,23,25,26,30). The second-order valence-electron chi connectivity index (χ2n) is 8.22. The smallest absolute Gasteiger partial charge is 0.263 e. The zero-order chi connectivity index (χ0) is 21.3. The molecular formula is C22H24N6O2.